The third-order valence-corrected chi connectivity index (χ3v) is 4.14. The molecular formula is C13H10N2O2S. The Kier molecular flexibility index (Phi) is 3.37. The number of sulfone groups is 1. The van der Waals surface area contributed by atoms with Gasteiger partial charge in [-0.3, -0.25) is 0 Å². The number of benzene rings is 2. The second kappa shape index (κ2) is 4.96. The first-order chi connectivity index (χ1) is 8.66. The molecule has 5 heteroatoms. The third-order valence-electron chi connectivity index (χ3n) is 2.42. The van der Waals surface area contributed by atoms with Crippen molar-refractivity contribution >= 4 is 14.9 Å². The van der Waals surface area contributed by atoms with E-state index in [2.05, 4.69) is 4.79 Å². The standard InChI is InChI=1S/C13H10N2O2S/c14-15-13(11-7-3-1-4-8-11)18(16,17)12-9-5-2-6-10-12/h1-10H. The molecule has 0 atom stereocenters. The molecule has 0 saturated heterocycles. The van der Waals surface area contributed by atoms with Gasteiger partial charge in [-0.15, -0.1) is 0 Å². The molecule has 0 spiro atoms. The average molecular weight is 258 g/mol. The lowest BCUT2D eigenvalue weighted by Crippen LogP contribution is -2.17. The topological polar surface area (TPSA) is 70.5 Å². The molecule has 0 aliphatic carbocycles. The molecule has 90 valence electrons. The minimum atomic E-state index is -3.80. The van der Waals surface area contributed by atoms with Gasteiger partial charge >= 0.3 is 5.04 Å². The van der Waals surface area contributed by atoms with E-state index in [4.69, 9.17) is 5.53 Å². The van der Waals surface area contributed by atoms with Crippen LogP contribution in [0.3, 0.4) is 0 Å². The lowest BCUT2D eigenvalue weighted by atomic mass is 10.2. The number of hydrogen-bond donors (Lipinski definition) is 0. The molecule has 2 aromatic rings. The highest BCUT2D eigenvalue weighted by Gasteiger charge is 2.31. The van der Waals surface area contributed by atoms with Gasteiger partial charge in [0.1, 0.15) is 0 Å². The fourth-order valence-electron chi connectivity index (χ4n) is 1.56. The second-order valence-electron chi connectivity index (χ2n) is 3.59. The first-order valence-electron chi connectivity index (χ1n) is 5.24. The van der Waals surface area contributed by atoms with Gasteiger partial charge in [-0.2, -0.15) is 4.79 Å². The summed E-state index contributed by atoms with van der Waals surface area (Å²) in [4.78, 5) is 3.03. The Hall–Kier alpha value is -2.23. The summed E-state index contributed by atoms with van der Waals surface area (Å²) in [7, 11) is -3.80. The summed E-state index contributed by atoms with van der Waals surface area (Å²) >= 11 is 0. The molecule has 0 amide bonds. The lowest BCUT2D eigenvalue weighted by Gasteiger charge is -1.99. The quantitative estimate of drug-likeness (QED) is 0.358. The first kappa shape index (κ1) is 12.2. The van der Waals surface area contributed by atoms with Crippen LogP contribution in [0.4, 0.5) is 0 Å². The van der Waals surface area contributed by atoms with Crippen LogP contribution in [-0.4, -0.2) is 18.3 Å². The van der Waals surface area contributed by atoms with Crippen molar-refractivity contribution in [3.63, 3.8) is 0 Å². The van der Waals surface area contributed by atoms with E-state index < -0.39 is 9.84 Å². The highest BCUT2D eigenvalue weighted by Crippen LogP contribution is 2.15. The highest BCUT2D eigenvalue weighted by atomic mass is 32.2. The Morgan fingerprint density at radius 1 is 0.889 bits per heavy atom. The summed E-state index contributed by atoms with van der Waals surface area (Å²) in [5.41, 5.74) is 9.34. The number of rotatable bonds is 2. The van der Waals surface area contributed by atoms with Gasteiger partial charge in [-0.05, 0) is 24.3 Å². The van der Waals surface area contributed by atoms with Crippen LogP contribution in [-0.2, 0) is 9.84 Å². The lowest BCUT2D eigenvalue weighted by molar-refractivity contribution is 0.000605. The zero-order valence-electron chi connectivity index (χ0n) is 9.39. The third kappa shape index (κ3) is 2.22. The fraction of sp³-hybridized carbons (Fsp3) is 0. The maximum Gasteiger partial charge on any atom is 0.416 e. The molecule has 0 unspecified atom stereocenters. The van der Waals surface area contributed by atoms with E-state index in [0.717, 1.165) is 0 Å². The largest absolute Gasteiger partial charge is 0.416 e. The Bertz CT molecular complexity index is 688. The molecule has 0 aliphatic rings. The van der Waals surface area contributed by atoms with E-state index in [0.29, 0.717) is 5.56 Å². The van der Waals surface area contributed by atoms with E-state index in [9.17, 15) is 8.42 Å². The van der Waals surface area contributed by atoms with Crippen molar-refractivity contribution in [2.45, 2.75) is 4.90 Å². The van der Waals surface area contributed by atoms with Gasteiger partial charge in [0.25, 0.3) is 9.84 Å². The smallest absolute Gasteiger partial charge is 0.360 e. The van der Waals surface area contributed by atoms with Crippen LogP contribution in [0.1, 0.15) is 5.56 Å². The predicted molar refractivity (Wildman–Crippen MR) is 67.8 cm³/mol. The normalized spacial score (nSPS) is 10.7. The molecule has 0 N–H and O–H groups in total. The summed E-state index contributed by atoms with van der Waals surface area (Å²) < 4.78 is 24.5. The van der Waals surface area contributed by atoms with Crippen LogP contribution >= 0.6 is 0 Å². The van der Waals surface area contributed by atoms with Crippen LogP contribution in [0.2, 0.25) is 0 Å². The van der Waals surface area contributed by atoms with Crippen molar-refractivity contribution in [1.82, 2.24) is 0 Å². The highest BCUT2D eigenvalue weighted by molar-refractivity contribution is 8.06. The van der Waals surface area contributed by atoms with Gasteiger partial charge < -0.3 is 5.53 Å². The van der Waals surface area contributed by atoms with Crippen LogP contribution in [0, 0.1) is 0 Å². The van der Waals surface area contributed by atoms with Crippen molar-refractivity contribution in [3.8, 4) is 0 Å². The summed E-state index contributed by atoms with van der Waals surface area (Å²) in [6, 6.07) is 16.2. The van der Waals surface area contributed by atoms with Gasteiger partial charge in [0.2, 0.25) is 0 Å². The maximum atomic E-state index is 12.3. The zero-order valence-corrected chi connectivity index (χ0v) is 10.2. The number of hydrogen-bond acceptors (Lipinski definition) is 2. The zero-order chi connectivity index (χ0) is 13.0. The minimum absolute atomic E-state index is 0.0988. The molecule has 0 aromatic heterocycles. The molecule has 2 aromatic carbocycles. The molecule has 0 heterocycles. The van der Waals surface area contributed by atoms with Gasteiger partial charge in [-0.1, -0.05) is 36.4 Å². The van der Waals surface area contributed by atoms with Crippen molar-refractivity contribution in [3.05, 3.63) is 71.8 Å². The summed E-state index contributed by atoms with van der Waals surface area (Å²) in [5.74, 6) is 0. The Morgan fingerprint density at radius 2 is 1.39 bits per heavy atom. The van der Waals surface area contributed by atoms with Gasteiger partial charge in [0.05, 0.1) is 10.5 Å². The first-order valence-corrected chi connectivity index (χ1v) is 6.72. The van der Waals surface area contributed by atoms with E-state index >= 15 is 0 Å². The Labute approximate surface area is 105 Å². The van der Waals surface area contributed by atoms with Crippen molar-refractivity contribution in [2.75, 3.05) is 0 Å². The SMILES string of the molecule is [N-]=[N+]=C(c1ccccc1)S(=O)(=O)c1ccccc1. The van der Waals surface area contributed by atoms with Crippen LogP contribution in [0.5, 0.6) is 0 Å². The molecule has 0 fully saturated rings. The molecule has 0 saturated carbocycles. The molecule has 0 radical (unpaired) electrons. The van der Waals surface area contributed by atoms with E-state index in [-0.39, 0.29) is 9.94 Å². The van der Waals surface area contributed by atoms with Crippen LogP contribution in [0.25, 0.3) is 5.53 Å². The molecule has 0 bridgehead atoms. The van der Waals surface area contributed by atoms with Crippen molar-refractivity contribution in [1.29, 1.82) is 0 Å². The fourth-order valence-corrected chi connectivity index (χ4v) is 2.85. The Morgan fingerprint density at radius 3 is 1.89 bits per heavy atom. The Balaban J connectivity index is 2.58. The van der Waals surface area contributed by atoms with Crippen molar-refractivity contribution < 1.29 is 13.2 Å². The van der Waals surface area contributed by atoms with Gasteiger partial charge in [0, 0.05) is 0 Å². The molecule has 0 aliphatic heterocycles. The summed E-state index contributed by atoms with van der Waals surface area (Å²) in [6.07, 6.45) is 0. The predicted octanol–water partition coefficient (Wildman–Crippen LogP) is 2.14. The van der Waals surface area contributed by atoms with E-state index in [1.165, 1.54) is 12.1 Å². The van der Waals surface area contributed by atoms with Gasteiger partial charge in [0.15, 0.2) is 0 Å². The van der Waals surface area contributed by atoms with Gasteiger partial charge in [-0.25, -0.2) is 8.42 Å². The van der Waals surface area contributed by atoms with E-state index in [1.807, 2.05) is 0 Å². The summed E-state index contributed by atoms with van der Waals surface area (Å²) in [5, 5.41) is -0.352. The number of nitrogens with zero attached hydrogens (tertiary/aromatic N) is 2. The van der Waals surface area contributed by atoms with Crippen molar-refractivity contribution in [2.24, 2.45) is 0 Å². The molecular weight excluding hydrogens is 248 g/mol. The van der Waals surface area contributed by atoms with Crippen LogP contribution in [0.15, 0.2) is 65.6 Å². The molecule has 4 nitrogen and oxygen atoms in total. The maximum absolute atomic E-state index is 12.3. The molecule has 18 heavy (non-hydrogen) atoms. The monoisotopic (exact) mass is 258 g/mol. The van der Waals surface area contributed by atoms with Crippen LogP contribution < -0.4 is 0 Å². The summed E-state index contributed by atoms with van der Waals surface area (Å²) in [6.45, 7) is 0. The average Bonchev–Trinajstić information content (AvgIpc) is 2.41. The molecule has 2 rings (SSSR count). The second-order valence-corrected chi connectivity index (χ2v) is 5.45. The minimum Gasteiger partial charge on any atom is -0.360 e. The van der Waals surface area contributed by atoms with E-state index in [1.54, 1.807) is 48.5 Å².